The van der Waals surface area contributed by atoms with Crippen molar-refractivity contribution in [2.75, 3.05) is 0 Å². The Bertz CT molecular complexity index is 576. The highest BCUT2D eigenvalue weighted by molar-refractivity contribution is 6.30. The third-order valence-corrected chi connectivity index (χ3v) is 3.24. The minimum atomic E-state index is 0.792. The lowest BCUT2D eigenvalue weighted by Crippen LogP contribution is -1.82. The van der Waals surface area contributed by atoms with Gasteiger partial charge in [-0.3, -0.25) is 0 Å². The Balaban J connectivity index is 2.04. The molecule has 0 bridgehead atoms. The molecule has 0 spiro atoms. The summed E-state index contributed by atoms with van der Waals surface area (Å²) in [6.07, 6.45) is 9.48. The van der Waals surface area contributed by atoms with Crippen molar-refractivity contribution < 1.29 is 0 Å². The first kappa shape index (κ1) is 10.5. The van der Waals surface area contributed by atoms with Gasteiger partial charge in [-0.05, 0) is 47.8 Å². The maximum atomic E-state index is 6.04. The monoisotopic (exact) mass is 242 g/mol. The Hall–Kier alpha value is -1.67. The van der Waals surface area contributed by atoms with Gasteiger partial charge in [0.25, 0.3) is 0 Å². The summed E-state index contributed by atoms with van der Waals surface area (Å²) in [4.78, 5) is 8.04. The lowest BCUT2D eigenvalue weighted by Gasteiger charge is -2.01. The number of aromatic nitrogens is 2. The Morgan fingerprint density at radius 2 is 1.94 bits per heavy atom. The lowest BCUT2D eigenvalue weighted by atomic mass is 10.1. The van der Waals surface area contributed by atoms with Gasteiger partial charge < -0.3 is 0 Å². The van der Waals surface area contributed by atoms with E-state index in [1.807, 2.05) is 24.5 Å². The fraction of sp³-hybridized carbons (Fsp3) is 0.143. The van der Waals surface area contributed by atoms with Crippen LogP contribution in [0.1, 0.15) is 23.1 Å². The summed E-state index contributed by atoms with van der Waals surface area (Å²) in [7, 11) is 0. The van der Waals surface area contributed by atoms with Gasteiger partial charge >= 0.3 is 0 Å². The van der Waals surface area contributed by atoms with Gasteiger partial charge in [0.2, 0.25) is 0 Å². The molecule has 1 aliphatic carbocycles. The van der Waals surface area contributed by atoms with Crippen molar-refractivity contribution in [1.29, 1.82) is 0 Å². The first-order valence-corrected chi connectivity index (χ1v) is 5.95. The summed E-state index contributed by atoms with van der Waals surface area (Å²) < 4.78 is 0. The molecule has 3 heteroatoms. The topological polar surface area (TPSA) is 25.8 Å². The summed E-state index contributed by atoms with van der Waals surface area (Å²) in [6.45, 7) is 0. The third kappa shape index (κ3) is 2.08. The number of hydrogen-bond donors (Lipinski definition) is 0. The molecule has 1 aliphatic rings. The van der Waals surface area contributed by atoms with Gasteiger partial charge in [0.15, 0.2) is 0 Å². The molecule has 1 aromatic heterocycles. The predicted molar refractivity (Wildman–Crippen MR) is 69.7 cm³/mol. The number of hydrogen-bond acceptors (Lipinski definition) is 2. The first-order chi connectivity index (χ1) is 8.33. The van der Waals surface area contributed by atoms with Gasteiger partial charge in [-0.15, -0.1) is 0 Å². The van der Waals surface area contributed by atoms with E-state index in [1.54, 1.807) is 6.33 Å². The zero-order valence-corrected chi connectivity index (χ0v) is 9.98. The van der Waals surface area contributed by atoms with E-state index in [0.717, 1.165) is 23.4 Å². The van der Waals surface area contributed by atoms with Crippen LogP contribution >= 0.6 is 11.6 Å². The van der Waals surface area contributed by atoms with E-state index in [0.29, 0.717) is 0 Å². The molecule has 2 nitrogen and oxygen atoms in total. The Morgan fingerprint density at radius 1 is 1.12 bits per heavy atom. The fourth-order valence-corrected chi connectivity index (χ4v) is 2.38. The Morgan fingerprint density at radius 3 is 2.76 bits per heavy atom. The van der Waals surface area contributed by atoms with Crippen molar-refractivity contribution in [2.24, 2.45) is 0 Å². The minimum absolute atomic E-state index is 0.792. The number of nitrogens with zero attached hydrogens (tertiary/aromatic N) is 2. The summed E-state index contributed by atoms with van der Waals surface area (Å²) in [5.74, 6) is 0. The molecule has 0 radical (unpaired) electrons. The highest BCUT2D eigenvalue weighted by Crippen LogP contribution is 2.35. The lowest BCUT2D eigenvalue weighted by molar-refractivity contribution is 1.08. The van der Waals surface area contributed by atoms with Crippen LogP contribution in [0.2, 0.25) is 5.02 Å². The number of fused-ring (bicyclic) bond motifs is 1. The van der Waals surface area contributed by atoms with Crippen LogP contribution in [0, 0.1) is 0 Å². The molecular formula is C14H11ClN2. The van der Waals surface area contributed by atoms with Gasteiger partial charge in [-0.1, -0.05) is 17.7 Å². The third-order valence-electron chi connectivity index (χ3n) is 3.00. The van der Waals surface area contributed by atoms with Crippen LogP contribution in [0.15, 0.2) is 36.9 Å². The zero-order chi connectivity index (χ0) is 11.7. The summed E-state index contributed by atoms with van der Waals surface area (Å²) in [5, 5.41) is 0.792. The van der Waals surface area contributed by atoms with Crippen LogP contribution in [-0.2, 0) is 6.42 Å². The van der Waals surface area contributed by atoms with Crippen molar-refractivity contribution in [3.63, 3.8) is 0 Å². The molecule has 0 saturated heterocycles. The Kier molecular flexibility index (Phi) is 2.65. The van der Waals surface area contributed by atoms with E-state index in [2.05, 4.69) is 22.1 Å². The van der Waals surface area contributed by atoms with Gasteiger partial charge in [-0.2, -0.15) is 0 Å². The molecule has 84 valence electrons. The first-order valence-electron chi connectivity index (χ1n) is 5.57. The van der Waals surface area contributed by atoms with Crippen molar-refractivity contribution in [3.05, 3.63) is 58.6 Å². The summed E-state index contributed by atoms with van der Waals surface area (Å²) >= 11 is 6.04. The van der Waals surface area contributed by atoms with Crippen LogP contribution in [0.25, 0.3) is 11.6 Å². The standard InChI is InChI=1S/C14H11ClN2/c15-13-4-3-11-1-2-12(14(11)6-13)5-10-7-16-9-17-8-10/h3-9H,1-2H2. The highest BCUT2D eigenvalue weighted by atomic mass is 35.5. The number of halogens is 1. The molecule has 2 aromatic rings. The van der Waals surface area contributed by atoms with Crippen molar-refractivity contribution in [1.82, 2.24) is 9.97 Å². The molecule has 3 rings (SSSR count). The predicted octanol–water partition coefficient (Wildman–Crippen LogP) is 3.62. The average Bonchev–Trinajstić information content (AvgIpc) is 2.73. The maximum absolute atomic E-state index is 6.04. The molecular weight excluding hydrogens is 232 g/mol. The van der Waals surface area contributed by atoms with Gasteiger partial charge in [0, 0.05) is 23.0 Å². The quantitative estimate of drug-likeness (QED) is 0.763. The minimum Gasteiger partial charge on any atom is -0.244 e. The maximum Gasteiger partial charge on any atom is 0.115 e. The van der Waals surface area contributed by atoms with Crippen LogP contribution in [0.4, 0.5) is 0 Å². The number of benzene rings is 1. The van der Waals surface area contributed by atoms with Crippen LogP contribution in [0.5, 0.6) is 0 Å². The highest BCUT2D eigenvalue weighted by Gasteiger charge is 2.16. The van der Waals surface area contributed by atoms with Crippen molar-refractivity contribution in [2.45, 2.75) is 12.8 Å². The number of aryl methyl sites for hydroxylation is 1. The van der Waals surface area contributed by atoms with Gasteiger partial charge in [-0.25, -0.2) is 9.97 Å². The summed E-state index contributed by atoms with van der Waals surface area (Å²) in [6, 6.07) is 6.11. The summed E-state index contributed by atoms with van der Waals surface area (Å²) in [5.41, 5.74) is 4.99. The van der Waals surface area contributed by atoms with Crippen LogP contribution < -0.4 is 0 Å². The molecule has 0 atom stereocenters. The molecule has 17 heavy (non-hydrogen) atoms. The second-order valence-electron chi connectivity index (χ2n) is 4.14. The number of allylic oxidation sites excluding steroid dienone is 1. The number of rotatable bonds is 1. The van der Waals surface area contributed by atoms with Gasteiger partial charge in [0.05, 0.1) is 0 Å². The zero-order valence-electron chi connectivity index (χ0n) is 9.23. The molecule has 0 fully saturated rings. The van der Waals surface area contributed by atoms with E-state index in [4.69, 9.17) is 11.6 Å². The second-order valence-corrected chi connectivity index (χ2v) is 4.58. The molecule has 1 aromatic carbocycles. The van der Waals surface area contributed by atoms with E-state index in [1.165, 1.54) is 16.7 Å². The van der Waals surface area contributed by atoms with E-state index >= 15 is 0 Å². The van der Waals surface area contributed by atoms with Gasteiger partial charge in [0.1, 0.15) is 6.33 Å². The fourth-order valence-electron chi connectivity index (χ4n) is 2.21. The average molecular weight is 243 g/mol. The van der Waals surface area contributed by atoms with E-state index in [-0.39, 0.29) is 0 Å². The largest absolute Gasteiger partial charge is 0.244 e. The van der Waals surface area contributed by atoms with Crippen LogP contribution in [-0.4, -0.2) is 9.97 Å². The van der Waals surface area contributed by atoms with E-state index < -0.39 is 0 Å². The Labute approximate surface area is 105 Å². The van der Waals surface area contributed by atoms with E-state index in [9.17, 15) is 0 Å². The molecule has 1 heterocycles. The molecule has 0 aliphatic heterocycles. The SMILES string of the molecule is Clc1ccc2c(c1)C(=Cc1cncnc1)CC2. The molecule has 0 unspecified atom stereocenters. The second kappa shape index (κ2) is 4.30. The molecule has 0 saturated carbocycles. The molecule has 0 amide bonds. The molecule has 0 N–H and O–H groups in total. The van der Waals surface area contributed by atoms with Crippen molar-refractivity contribution >= 4 is 23.3 Å². The normalized spacial score (nSPS) is 16.2. The van der Waals surface area contributed by atoms with Crippen LogP contribution in [0.3, 0.4) is 0 Å². The smallest absolute Gasteiger partial charge is 0.115 e. The van der Waals surface area contributed by atoms with Crippen molar-refractivity contribution in [3.8, 4) is 0 Å².